The molecule has 1 aromatic heterocycles. The lowest BCUT2D eigenvalue weighted by atomic mass is 10.2. The molecule has 0 amide bonds. The van der Waals surface area contributed by atoms with Gasteiger partial charge in [-0.3, -0.25) is 0 Å². The first-order chi connectivity index (χ1) is 7.74. The van der Waals surface area contributed by atoms with Gasteiger partial charge in [0.15, 0.2) is 5.82 Å². The number of nitrogens with zero attached hydrogens (tertiary/aromatic N) is 4. The second-order valence-corrected chi connectivity index (χ2v) is 4.34. The third kappa shape index (κ3) is 3.11. The van der Waals surface area contributed by atoms with Gasteiger partial charge < -0.3 is 5.32 Å². The third-order valence-corrected chi connectivity index (χ3v) is 2.60. The second kappa shape index (κ2) is 5.18. The Morgan fingerprint density at radius 3 is 2.62 bits per heavy atom. The van der Waals surface area contributed by atoms with Gasteiger partial charge in [-0.2, -0.15) is 4.80 Å². The van der Waals surface area contributed by atoms with Crippen LogP contribution in [-0.4, -0.2) is 20.2 Å². The summed E-state index contributed by atoms with van der Waals surface area (Å²) in [4.78, 5) is 1.46. The van der Waals surface area contributed by atoms with Crippen molar-refractivity contribution in [3.05, 3.63) is 40.1 Å². The molecule has 0 aliphatic rings. The Hall–Kier alpha value is -1.27. The van der Waals surface area contributed by atoms with E-state index in [4.69, 9.17) is 0 Å². The largest absolute Gasteiger partial charge is 0.306 e. The molecule has 16 heavy (non-hydrogen) atoms. The number of nitrogens with one attached hydrogen (secondary N) is 1. The molecule has 0 bridgehead atoms. The van der Waals surface area contributed by atoms with Crippen molar-refractivity contribution in [2.24, 2.45) is 7.05 Å². The minimum absolute atomic E-state index is 0.629. The van der Waals surface area contributed by atoms with Crippen LogP contribution < -0.4 is 5.32 Å². The molecule has 0 atom stereocenters. The molecule has 0 saturated carbocycles. The zero-order valence-electron chi connectivity index (χ0n) is 8.89. The van der Waals surface area contributed by atoms with Crippen molar-refractivity contribution in [3.63, 3.8) is 0 Å². The number of benzene rings is 1. The number of hydrogen-bond donors (Lipinski definition) is 1. The van der Waals surface area contributed by atoms with E-state index in [0.717, 1.165) is 11.0 Å². The molecule has 2 aromatic rings. The van der Waals surface area contributed by atoms with Gasteiger partial charge in [0, 0.05) is 11.0 Å². The fourth-order valence-electron chi connectivity index (χ4n) is 1.32. The Labute approximate surface area is 102 Å². The highest BCUT2D eigenvalue weighted by molar-refractivity contribution is 9.10. The number of aryl methyl sites for hydroxylation is 1. The van der Waals surface area contributed by atoms with Gasteiger partial charge in [-0.25, -0.2) is 0 Å². The zero-order valence-corrected chi connectivity index (χ0v) is 10.5. The van der Waals surface area contributed by atoms with Gasteiger partial charge in [0.05, 0.1) is 13.6 Å². The molecule has 6 heteroatoms. The van der Waals surface area contributed by atoms with E-state index in [2.05, 4.69) is 48.8 Å². The highest BCUT2D eigenvalue weighted by Gasteiger charge is 1.99. The topological polar surface area (TPSA) is 55.6 Å². The van der Waals surface area contributed by atoms with Crippen molar-refractivity contribution in [1.82, 2.24) is 25.5 Å². The first-order valence-corrected chi connectivity index (χ1v) is 5.71. The molecule has 0 saturated heterocycles. The van der Waals surface area contributed by atoms with Crippen LogP contribution in [0.3, 0.4) is 0 Å². The van der Waals surface area contributed by atoms with Crippen molar-refractivity contribution < 1.29 is 0 Å². The van der Waals surface area contributed by atoms with Crippen LogP contribution >= 0.6 is 15.9 Å². The maximum Gasteiger partial charge on any atom is 0.188 e. The molecule has 1 aromatic carbocycles. The maximum absolute atomic E-state index is 4.08. The summed E-state index contributed by atoms with van der Waals surface area (Å²) in [5.41, 5.74) is 1.23. The molecule has 1 N–H and O–H groups in total. The molecule has 5 nitrogen and oxygen atoms in total. The lowest BCUT2D eigenvalue weighted by Crippen LogP contribution is -2.13. The van der Waals surface area contributed by atoms with E-state index >= 15 is 0 Å². The molecule has 0 fully saturated rings. The van der Waals surface area contributed by atoms with Gasteiger partial charge in [0.2, 0.25) is 0 Å². The third-order valence-electron chi connectivity index (χ3n) is 2.08. The molecule has 0 aliphatic heterocycles. The number of rotatable bonds is 4. The first kappa shape index (κ1) is 11.2. The summed E-state index contributed by atoms with van der Waals surface area (Å²) in [6.45, 7) is 1.43. The van der Waals surface area contributed by atoms with Crippen LogP contribution in [0.15, 0.2) is 28.7 Å². The summed E-state index contributed by atoms with van der Waals surface area (Å²) < 4.78 is 1.09. The Balaban J connectivity index is 1.82. The number of tetrazole rings is 1. The van der Waals surface area contributed by atoms with Gasteiger partial charge in [0.1, 0.15) is 0 Å². The van der Waals surface area contributed by atoms with E-state index in [1.807, 2.05) is 12.1 Å². The van der Waals surface area contributed by atoms with Crippen LogP contribution in [0.4, 0.5) is 0 Å². The molecule has 84 valence electrons. The fourth-order valence-corrected chi connectivity index (χ4v) is 1.58. The van der Waals surface area contributed by atoms with Crippen molar-refractivity contribution >= 4 is 15.9 Å². The predicted octanol–water partition coefficient (Wildman–Crippen LogP) is 1.26. The van der Waals surface area contributed by atoms with Crippen molar-refractivity contribution in [1.29, 1.82) is 0 Å². The highest BCUT2D eigenvalue weighted by Crippen LogP contribution is 2.10. The summed E-state index contributed by atoms with van der Waals surface area (Å²) in [6, 6.07) is 8.19. The average Bonchev–Trinajstić information content (AvgIpc) is 2.67. The molecule has 0 radical (unpaired) electrons. The van der Waals surface area contributed by atoms with E-state index in [1.54, 1.807) is 7.05 Å². The van der Waals surface area contributed by atoms with E-state index in [1.165, 1.54) is 10.4 Å². The number of aromatic nitrogens is 4. The normalized spacial score (nSPS) is 10.6. The van der Waals surface area contributed by atoms with E-state index in [9.17, 15) is 0 Å². The van der Waals surface area contributed by atoms with Gasteiger partial charge >= 0.3 is 0 Å². The fraction of sp³-hybridized carbons (Fsp3) is 0.300. The monoisotopic (exact) mass is 281 g/mol. The maximum atomic E-state index is 4.08. The SMILES string of the molecule is Cn1nnc(CNCc2ccc(Br)cc2)n1. The summed E-state index contributed by atoms with van der Waals surface area (Å²) in [5, 5.41) is 15.0. The molecule has 1 heterocycles. The van der Waals surface area contributed by atoms with E-state index in [-0.39, 0.29) is 0 Å². The minimum atomic E-state index is 0.629. The lowest BCUT2D eigenvalue weighted by molar-refractivity contribution is 0.619. The smallest absolute Gasteiger partial charge is 0.188 e. The highest BCUT2D eigenvalue weighted by atomic mass is 79.9. The van der Waals surface area contributed by atoms with Gasteiger partial charge in [0.25, 0.3) is 0 Å². The molecule has 0 unspecified atom stereocenters. The van der Waals surface area contributed by atoms with Crippen LogP contribution in [0.25, 0.3) is 0 Å². The minimum Gasteiger partial charge on any atom is -0.306 e. The quantitative estimate of drug-likeness (QED) is 0.917. The Kier molecular flexibility index (Phi) is 3.63. The van der Waals surface area contributed by atoms with Crippen molar-refractivity contribution in [3.8, 4) is 0 Å². The second-order valence-electron chi connectivity index (χ2n) is 3.43. The molecule has 2 rings (SSSR count). The lowest BCUT2D eigenvalue weighted by Gasteiger charge is -2.02. The standard InChI is InChI=1S/C10H12BrN5/c1-16-14-10(13-15-16)7-12-6-8-2-4-9(11)5-3-8/h2-5,12H,6-7H2,1H3. The van der Waals surface area contributed by atoms with Gasteiger partial charge in [-0.1, -0.05) is 28.1 Å². The molecular weight excluding hydrogens is 270 g/mol. The van der Waals surface area contributed by atoms with Crippen LogP contribution in [0.2, 0.25) is 0 Å². The van der Waals surface area contributed by atoms with Gasteiger partial charge in [-0.15, -0.1) is 10.2 Å². The summed E-state index contributed by atoms with van der Waals surface area (Å²) in [5.74, 6) is 0.708. The Bertz CT molecular complexity index is 450. The van der Waals surface area contributed by atoms with Crippen LogP contribution in [0, 0.1) is 0 Å². The van der Waals surface area contributed by atoms with Crippen LogP contribution in [0.1, 0.15) is 11.4 Å². The molecule has 0 aliphatic carbocycles. The summed E-state index contributed by atoms with van der Waals surface area (Å²) >= 11 is 3.40. The number of halogens is 1. The Morgan fingerprint density at radius 2 is 2.00 bits per heavy atom. The predicted molar refractivity (Wildman–Crippen MR) is 63.5 cm³/mol. The number of hydrogen-bond acceptors (Lipinski definition) is 4. The van der Waals surface area contributed by atoms with Crippen LogP contribution in [-0.2, 0) is 20.1 Å². The summed E-state index contributed by atoms with van der Waals surface area (Å²) in [7, 11) is 1.76. The van der Waals surface area contributed by atoms with Crippen molar-refractivity contribution in [2.75, 3.05) is 0 Å². The Morgan fingerprint density at radius 1 is 1.25 bits per heavy atom. The first-order valence-electron chi connectivity index (χ1n) is 4.92. The molecular formula is C10H12BrN5. The van der Waals surface area contributed by atoms with Gasteiger partial charge in [-0.05, 0) is 22.9 Å². The summed E-state index contributed by atoms with van der Waals surface area (Å²) in [6.07, 6.45) is 0. The van der Waals surface area contributed by atoms with Crippen molar-refractivity contribution in [2.45, 2.75) is 13.1 Å². The average molecular weight is 282 g/mol. The molecule has 0 spiro atoms. The zero-order chi connectivity index (χ0) is 11.4. The van der Waals surface area contributed by atoms with E-state index < -0.39 is 0 Å². The van der Waals surface area contributed by atoms with E-state index in [0.29, 0.717) is 12.4 Å². The van der Waals surface area contributed by atoms with Crippen LogP contribution in [0.5, 0.6) is 0 Å².